The minimum absolute atomic E-state index is 0.0586. The monoisotopic (exact) mass is 383 g/mol. The Balaban J connectivity index is 1.49. The van der Waals surface area contributed by atoms with E-state index in [0.717, 1.165) is 5.56 Å². The molecule has 3 rings (SSSR count). The third kappa shape index (κ3) is 5.13. The summed E-state index contributed by atoms with van der Waals surface area (Å²) >= 11 is 0. The van der Waals surface area contributed by atoms with Gasteiger partial charge in [0.2, 0.25) is 0 Å². The normalized spacial score (nSPS) is 11.5. The molecule has 0 fully saturated rings. The van der Waals surface area contributed by atoms with Crippen molar-refractivity contribution in [3.05, 3.63) is 77.9 Å². The molecule has 2 amide bonds. The first-order valence-electron chi connectivity index (χ1n) is 8.48. The van der Waals surface area contributed by atoms with Crippen LogP contribution in [0.3, 0.4) is 0 Å². The van der Waals surface area contributed by atoms with Crippen molar-refractivity contribution >= 4 is 11.8 Å². The molecular formula is C19H18FN5O3. The summed E-state index contributed by atoms with van der Waals surface area (Å²) in [4.78, 5) is 24.1. The van der Waals surface area contributed by atoms with Crippen LogP contribution < -0.4 is 15.6 Å². The molecule has 0 bridgehead atoms. The van der Waals surface area contributed by atoms with E-state index in [0.29, 0.717) is 12.3 Å². The van der Waals surface area contributed by atoms with Crippen LogP contribution in [0.5, 0.6) is 5.75 Å². The lowest BCUT2D eigenvalue weighted by Crippen LogP contribution is -2.47. The van der Waals surface area contributed by atoms with Crippen LogP contribution in [0.15, 0.2) is 60.8 Å². The lowest BCUT2D eigenvalue weighted by Gasteiger charge is -2.14. The fourth-order valence-corrected chi connectivity index (χ4v) is 2.31. The van der Waals surface area contributed by atoms with Crippen molar-refractivity contribution in [2.24, 2.45) is 0 Å². The smallest absolute Gasteiger partial charge is 0.291 e. The maximum absolute atomic E-state index is 12.9. The Hall–Kier alpha value is -3.75. The van der Waals surface area contributed by atoms with Crippen LogP contribution in [0.25, 0.3) is 0 Å². The van der Waals surface area contributed by atoms with Crippen LogP contribution in [0.1, 0.15) is 23.0 Å². The second kappa shape index (κ2) is 8.76. The molecule has 1 atom stereocenters. The molecule has 2 N–H and O–H groups in total. The predicted molar refractivity (Wildman–Crippen MR) is 97.7 cm³/mol. The molecule has 28 heavy (non-hydrogen) atoms. The van der Waals surface area contributed by atoms with Crippen LogP contribution >= 0.6 is 0 Å². The van der Waals surface area contributed by atoms with Crippen LogP contribution in [-0.4, -0.2) is 32.9 Å². The van der Waals surface area contributed by atoms with Gasteiger partial charge in [-0.05, 0) is 36.8 Å². The molecule has 8 nitrogen and oxygen atoms in total. The molecule has 2 aromatic carbocycles. The van der Waals surface area contributed by atoms with E-state index in [1.165, 1.54) is 42.1 Å². The van der Waals surface area contributed by atoms with E-state index >= 15 is 0 Å². The standard InChI is InChI=1S/C19H18FN5O3/c1-13(28-16-9-7-15(20)8-10-16)18(26)22-23-19(27)17-12-25(24-21-17)11-14-5-3-2-4-6-14/h2-10,12-13H,11H2,1H3,(H,22,26)(H,23,27)/t13-/m1/s1. The molecule has 0 spiro atoms. The van der Waals surface area contributed by atoms with Crippen LogP contribution in [0, 0.1) is 5.82 Å². The van der Waals surface area contributed by atoms with Gasteiger partial charge in [-0.1, -0.05) is 35.5 Å². The molecule has 0 unspecified atom stereocenters. The van der Waals surface area contributed by atoms with Crippen molar-refractivity contribution in [1.82, 2.24) is 25.8 Å². The van der Waals surface area contributed by atoms with Crippen molar-refractivity contribution < 1.29 is 18.7 Å². The third-order valence-electron chi connectivity index (χ3n) is 3.75. The number of hydrogen-bond acceptors (Lipinski definition) is 5. The number of hydrazine groups is 1. The number of halogens is 1. The predicted octanol–water partition coefficient (Wildman–Crippen LogP) is 1.69. The summed E-state index contributed by atoms with van der Waals surface area (Å²) in [6.45, 7) is 1.97. The molecule has 3 aromatic rings. The first-order valence-corrected chi connectivity index (χ1v) is 8.48. The van der Waals surface area contributed by atoms with Gasteiger partial charge in [-0.25, -0.2) is 9.07 Å². The van der Waals surface area contributed by atoms with Crippen molar-refractivity contribution in [3.8, 4) is 5.75 Å². The van der Waals surface area contributed by atoms with E-state index in [1.807, 2.05) is 30.3 Å². The van der Waals surface area contributed by atoms with Crippen molar-refractivity contribution in [1.29, 1.82) is 0 Å². The largest absolute Gasteiger partial charge is 0.481 e. The van der Waals surface area contributed by atoms with E-state index < -0.39 is 23.7 Å². The summed E-state index contributed by atoms with van der Waals surface area (Å²) in [6, 6.07) is 14.9. The minimum Gasteiger partial charge on any atom is -0.481 e. The lowest BCUT2D eigenvalue weighted by molar-refractivity contribution is -0.128. The highest BCUT2D eigenvalue weighted by atomic mass is 19.1. The van der Waals surface area contributed by atoms with Gasteiger partial charge in [0.1, 0.15) is 11.6 Å². The number of nitrogens with one attached hydrogen (secondary N) is 2. The molecule has 1 aromatic heterocycles. The van der Waals surface area contributed by atoms with Crippen LogP contribution in [-0.2, 0) is 11.3 Å². The maximum atomic E-state index is 12.9. The van der Waals surface area contributed by atoms with Crippen LogP contribution in [0.4, 0.5) is 4.39 Å². The van der Waals surface area contributed by atoms with Gasteiger partial charge in [-0.15, -0.1) is 5.10 Å². The highest BCUT2D eigenvalue weighted by molar-refractivity contribution is 5.93. The molecule has 0 saturated carbocycles. The minimum atomic E-state index is -0.903. The van der Waals surface area contributed by atoms with Gasteiger partial charge in [-0.2, -0.15) is 0 Å². The second-order valence-corrected chi connectivity index (χ2v) is 5.94. The number of nitrogens with zero attached hydrogens (tertiary/aromatic N) is 3. The van der Waals surface area contributed by atoms with Gasteiger partial charge in [0, 0.05) is 0 Å². The molecule has 0 saturated heterocycles. The summed E-state index contributed by atoms with van der Waals surface area (Å²) in [5.74, 6) is -1.26. The Kier molecular flexibility index (Phi) is 5.95. The molecule has 1 heterocycles. The Bertz CT molecular complexity index is 944. The summed E-state index contributed by atoms with van der Waals surface area (Å²) < 4.78 is 19.8. The topological polar surface area (TPSA) is 98.1 Å². The number of aromatic nitrogens is 3. The Labute approximate surface area is 160 Å². The molecule has 0 aliphatic carbocycles. The van der Waals surface area contributed by atoms with Crippen molar-refractivity contribution in [2.45, 2.75) is 19.6 Å². The van der Waals surface area contributed by atoms with Crippen LogP contribution in [0.2, 0.25) is 0 Å². The number of carbonyl (C=O) groups is 2. The number of ether oxygens (including phenoxy) is 1. The summed E-state index contributed by atoms with van der Waals surface area (Å²) in [5.41, 5.74) is 5.59. The van der Waals surface area contributed by atoms with E-state index in [9.17, 15) is 14.0 Å². The first kappa shape index (κ1) is 19.0. The average Bonchev–Trinajstić information content (AvgIpc) is 3.17. The maximum Gasteiger partial charge on any atom is 0.291 e. The third-order valence-corrected chi connectivity index (χ3v) is 3.75. The van der Waals surface area contributed by atoms with Gasteiger partial charge < -0.3 is 4.74 Å². The average molecular weight is 383 g/mol. The van der Waals surface area contributed by atoms with Gasteiger partial charge in [0.25, 0.3) is 11.8 Å². The fraction of sp³-hybridized carbons (Fsp3) is 0.158. The van der Waals surface area contributed by atoms with E-state index in [1.54, 1.807) is 0 Å². The summed E-state index contributed by atoms with van der Waals surface area (Å²) in [6.07, 6.45) is 0.576. The molecule has 0 aliphatic rings. The van der Waals surface area contributed by atoms with Crippen molar-refractivity contribution in [3.63, 3.8) is 0 Å². The first-order chi connectivity index (χ1) is 13.5. The number of rotatable bonds is 6. The van der Waals surface area contributed by atoms with E-state index in [2.05, 4.69) is 21.2 Å². The summed E-state index contributed by atoms with van der Waals surface area (Å²) in [5, 5.41) is 7.69. The Morgan fingerprint density at radius 2 is 1.82 bits per heavy atom. The molecule has 9 heteroatoms. The molecule has 144 valence electrons. The second-order valence-electron chi connectivity index (χ2n) is 5.94. The lowest BCUT2D eigenvalue weighted by atomic mass is 10.2. The highest BCUT2D eigenvalue weighted by Crippen LogP contribution is 2.12. The van der Waals surface area contributed by atoms with Crippen molar-refractivity contribution in [2.75, 3.05) is 0 Å². The van der Waals surface area contributed by atoms with E-state index in [4.69, 9.17) is 4.74 Å². The summed E-state index contributed by atoms with van der Waals surface area (Å²) in [7, 11) is 0. The molecular weight excluding hydrogens is 365 g/mol. The van der Waals surface area contributed by atoms with Gasteiger partial charge in [-0.3, -0.25) is 20.4 Å². The molecule has 0 radical (unpaired) electrons. The zero-order chi connectivity index (χ0) is 19.9. The highest BCUT2D eigenvalue weighted by Gasteiger charge is 2.17. The molecule has 0 aliphatic heterocycles. The van der Waals surface area contributed by atoms with E-state index in [-0.39, 0.29) is 5.69 Å². The van der Waals surface area contributed by atoms with Gasteiger partial charge in [0.15, 0.2) is 11.8 Å². The number of hydrogen-bond donors (Lipinski definition) is 2. The quantitative estimate of drug-likeness (QED) is 0.632. The zero-order valence-corrected chi connectivity index (χ0v) is 15.0. The number of amides is 2. The van der Waals surface area contributed by atoms with Gasteiger partial charge in [0.05, 0.1) is 12.7 Å². The SMILES string of the molecule is C[C@@H](Oc1ccc(F)cc1)C(=O)NNC(=O)c1cn(Cc2ccccc2)nn1. The Morgan fingerprint density at radius 3 is 2.54 bits per heavy atom. The number of carbonyl (C=O) groups excluding carboxylic acids is 2. The zero-order valence-electron chi connectivity index (χ0n) is 15.0. The van der Waals surface area contributed by atoms with Gasteiger partial charge >= 0.3 is 0 Å². The number of benzene rings is 2. The Morgan fingerprint density at radius 1 is 1.11 bits per heavy atom. The fourth-order valence-electron chi connectivity index (χ4n) is 2.31.